The van der Waals surface area contributed by atoms with Crippen molar-refractivity contribution < 1.29 is 22.7 Å². The van der Waals surface area contributed by atoms with Crippen LogP contribution in [0.3, 0.4) is 0 Å². The van der Waals surface area contributed by atoms with E-state index in [0.717, 1.165) is 4.90 Å². The number of aromatic nitrogens is 1. The first kappa shape index (κ1) is 22.4. The van der Waals surface area contributed by atoms with Crippen molar-refractivity contribution in [2.45, 2.75) is 11.3 Å². The van der Waals surface area contributed by atoms with E-state index in [1.165, 1.54) is 41.3 Å². The van der Waals surface area contributed by atoms with Crippen molar-refractivity contribution in [3.05, 3.63) is 48.5 Å². The molecule has 0 aliphatic carbocycles. The molecule has 0 unspecified atom stereocenters. The fourth-order valence-corrected chi connectivity index (χ4v) is 4.40. The predicted octanol–water partition coefficient (Wildman–Crippen LogP) is 4.88. The molecule has 0 fully saturated rings. The molecule has 0 atom stereocenters. The maximum absolute atomic E-state index is 12.9. The lowest BCUT2D eigenvalue weighted by Crippen LogP contribution is -2.37. The summed E-state index contributed by atoms with van der Waals surface area (Å²) < 4.78 is 42.0. The molecule has 5 nitrogen and oxygen atoms in total. The topological polar surface area (TPSA) is 45.7 Å². The number of carbonyl (C=O) groups is 1. The Kier molecular flexibility index (Phi) is 7.22. The molecule has 2 aromatic carbocycles. The van der Waals surface area contributed by atoms with Gasteiger partial charge in [0.1, 0.15) is 5.75 Å². The number of likely N-dealkylation sites (N-methyl/N-ethyl adjacent to an activating group) is 1. The number of thioether (sulfide) groups is 1. The van der Waals surface area contributed by atoms with Gasteiger partial charge in [0, 0.05) is 24.1 Å². The quantitative estimate of drug-likeness (QED) is 0.453. The Morgan fingerprint density at radius 1 is 1.13 bits per heavy atom. The summed E-state index contributed by atoms with van der Waals surface area (Å²) >= 11 is 2.59. The smallest absolute Gasteiger partial charge is 0.406 e. The molecule has 30 heavy (non-hydrogen) atoms. The number of ether oxygens (including phenoxy) is 1. The molecule has 1 heterocycles. The van der Waals surface area contributed by atoms with Crippen LogP contribution in [0.25, 0.3) is 10.2 Å². The van der Waals surface area contributed by atoms with E-state index in [1.807, 2.05) is 49.3 Å². The standard InChI is InChI=1S/C20H20F3N3O2S2/c1-25(2)10-11-26(18(27)13-29-15-6-4-3-5-7-15)19-24-16-9-8-14(12-17(16)30-19)28-20(21,22)23/h3-9,12H,10-11,13H2,1-2H3. The Morgan fingerprint density at radius 3 is 2.53 bits per heavy atom. The monoisotopic (exact) mass is 455 g/mol. The molecule has 3 aromatic rings. The SMILES string of the molecule is CN(C)CCN(C(=O)CSc1ccccc1)c1nc2ccc(OC(F)(F)F)cc2s1. The molecule has 0 N–H and O–H groups in total. The molecule has 0 spiro atoms. The van der Waals surface area contributed by atoms with E-state index in [-0.39, 0.29) is 17.4 Å². The summed E-state index contributed by atoms with van der Waals surface area (Å²) in [6.07, 6.45) is -4.76. The predicted molar refractivity (Wildman–Crippen MR) is 114 cm³/mol. The van der Waals surface area contributed by atoms with Crippen molar-refractivity contribution in [1.29, 1.82) is 0 Å². The lowest BCUT2D eigenvalue weighted by Gasteiger charge is -2.21. The summed E-state index contributed by atoms with van der Waals surface area (Å²) in [6, 6.07) is 13.6. The van der Waals surface area contributed by atoms with E-state index in [1.54, 1.807) is 4.90 Å². The van der Waals surface area contributed by atoms with Gasteiger partial charge in [-0.1, -0.05) is 29.5 Å². The lowest BCUT2D eigenvalue weighted by molar-refractivity contribution is -0.274. The van der Waals surface area contributed by atoms with Gasteiger partial charge in [0.05, 0.1) is 16.0 Å². The van der Waals surface area contributed by atoms with Crippen LogP contribution in [0.2, 0.25) is 0 Å². The number of amides is 1. The molecular weight excluding hydrogens is 435 g/mol. The third-order valence-corrected chi connectivity index (χ3v) is 6.03. The van der Waals surface area contributed by atoms with Crippen LogP contribution in [-0.4, -0.2) is 55.1 Å². The van der Waals surface area contributed by atoms with Gasteiger partial charge in [0.15, 0.2) is 5.13 Å². The van der Waals surface area contributed by atoms with Crippen LogP contribution in [0.4, 0.5) is 18.3 Å². The van der Waals surface area contributed by atoms with Crippen molar-refractivity contribution in [2.24, 2.45) is 0 Å². The van der Waals surface area contributed by atoms with Crippen LogP contribution in [0.5, 0.6) is 5.75 Å². The molecule has 0 aliphatic heterocycles. The lowest BCUT2D eigenvalue weighted by atomic mass is 10.3. The third-order valence-electron chi connectivity index (χ3n) is 3.99. The Bertz CT molecular complexity index is 994. The minimum absolute atomic E-state index is 0.114. The number of nitrogens with zero attached hydrogens (tertiary/aromatic N) is 3. The molecule has 0 saturated carbocycles. The average Bonchev–Trinajstić information content (AvgIpc) is 3.08. The second kappa shape index (κ2) is 9.67. The second-order valence-electron chi connectivity index (χ2n) is 6.62. The fraction of sp³-hybridized carbons (Fsp3) is 0.300. The van der Waals surface area contributed by atoms with Crippen LogP contribution in [0, 0.1) is 0 Å². The van der Waals surface area contributed by atoms with E-state index in [9.17, 15) is 18.0 Å². The van der Waals surface area contributed by atoms with E-state index < -0.39 is 6.36 Å². The van der Waals surface area contributed by atoms with Gasteiger partial charge >= 0.3 is 6.36 Å². The van der Waals surface area contributed by atoms with Gasteiger partial charge in [0.25, 0.3) is 0 Å². The van der Waals surface area contributed by atoms with Gasteiger partial charge in [-0.05, 0) is 38.4 Å². The molecule has 10 heteroatoms. The summed E-state index contributed by atoms with van der Waals surface area (Å²) in [5.74, 6) is -0.192. The van der Waals surface area contributed by atoms with E-state index in [4.69, 9.17) is 0 Å². The first-order valence-corrected chi connectivity index (χ1v) is 10.8. The highest BCUT2D eigenvalue weighted by Crippen LogP contribution is 2.33. The largest absolute Gasteiger partial charge is 0.573 e. The number of hydrogen-bond donors (Lipinski definition) is 0. The molecule has 1 aromatic heterocycles. The minimum Gasteiger partial charge on any atom is -0.406 e. The number of benzene rings is 2. The Balaban J connectivity index is 1.81. The number of fused-ring (bicyclic) bond motifs is 1. The molecule has 160 valence electrons. The number of thiazole rings is 1. The summed E-state index contributed by atoms with van der Waals surface area (Å²) in [4.78, 5) is 21.9. The first-order chi connectivity index (χ1) is 14.2. The van der Waals surface area contributed by atoms with Gasteiger partial charge in [-0.3, -0.25) is 9.69 Å². The summed E-state index contributed by atoms with van der Waals surface area (Å²) in [6.45, 7) is 1.05. The van der Waals surface area contributed by atoms with E-state index in [2.05, 4.69) is 9.72 Å². The van der Waals surface area contributed by atoms with Gasteiger partial charge in [-0.15, -0.1) is 24.9 Å². The minimum atomic E-state index is -4.76. The van der Waals surface area contributed by atoms with Crippen LogP contribution in [0.1, 0.15) is 0 Å². The number of anilines is 1. The zero-order valence-corrected chi connectivity index (χ0v) is 18.0. The number of rotatable bonds is 8. The first-order valence-electron chi connectivity index (χ1n) is 9.00. The van der Waals surface area contributed by atoms with Crippen LogP contribution in [0.15, 0.2) is 53.4 Å². The zero-order chi connectivity index (χ0) is 21.7. The summed E-state index contributed by atoms with van der Waals surface area (Å²) in [5.41, 5.74) is 0.517. The summed E-state index contributed by atoms with van der Waals surface area (Å²) in [5, 5.41) is 0.453. The Labute approximate surface area is 180 Å². The molecule has 1 amide bonds. The fourth-order valence-electron chi connectivity index (χ4n) is 2.57. The highest BCUT2D eigenvalue weighted by Gasteiger charge is 2.31. The van der Waals surface area contributed by atoms with Gasteiger partial charge in [-0.2, -0.15) is 0 Å². The maximum Gasteiger partial charge on any atom is 0.573 e. The molecule has 0 saturated heterocycles. The molecule has 0 radical (unpaired) electrons. The van der Waals surface area contributed by atoms with Crippen LogP contribution >= 0.6 is 23.1 Å². The van der Waals surface area contributed by atoms with Crippen molar-refractivity contribution in [1.82, 2.24) is 9.88 Å². The Morgan fingerprint density at radius 2 is 1.87 bits per heavy atom. The normalized spacial score (nSPS) is 11.8. The molecule has 3 rings (SSSR count). The second-order valence-corrected chi connectivity index (χ2v) is 8.68. The van der Waals surface area contributed by atoms with Crippen molar-refractivity contribution in [2.75, 3.05) is 37.8 Å². The van der Waals surface area contributed by atoms with Crippen LogP contribution in [-0.2, 0) is 4.79 Å². The Hall–Kier alpha value is -2.30. The number of halogens is 3. The van der Waals surface area contributed by atoms with Crippen LogP contribution < -0.4 is 9.64 Å². The molecule has 0 bridgehead atoms. The highest BCUT2D eigenvalue weighted by molar-refractivity contribution is 8.00. The van der Waals surface area contributed by atoms with E-state index in [0.29, 0.717) is 28.4 Å². The third kappa shape index (κ3) is 6.35. The highest BCUT2D eigenvalue weighted by atomic mass is 32.2. The van der Waals surface area contributed by atoms with Crippen molar-refractivity contribution >= 4 is 44.4 Å². The maximum atomic E-state index is 12.9. The summed E-state index contributed by atoms with van der Waals surface area (Å²) in [7, 11) is 3.81. The van der Waals surface area contributed by atoms with E-state index >= 15 is 0 Å². The van der Waals surface area contributed by atoms with Crippen molar-refractivity contribution in [3.8, 4) is 5.75 Å². The van der Waals surface area contributed by atoms with Crippen molar-refractivity contribution in [3.63, 3.8) is 0 Å². The number of alkyl halides is 3. The zero-order valence-electron chi connectivity index (χ0n) is 16.3. The average molecular weight is 456 g/mol. The molecular formula is C20H20F3N3O2S2. The van der Waals surface area contributed by atoms with Gasteiger partial charge in [0.2, 0.25) is 5.91 Å². The molecule has 0 aliphatic rings. The van der Waals surface area contributed by atoms with Gasteiger partial charge < -0.3 is 9.64 Å². The number of hydrogen-bond acceptors (Lipinski definition) is 6. The van der Waals surface area contributed by atoms with Gasteiger partial charge in [-0.25, -0.2) is 4.98 Å². The number of carbonyl (C=O) groups excluding carboxylic acids is 1.